The highest BCUT2D eigenvalue weighted by Gasteiger charge is 2.19. The third-order valence-electron chi connectivity index (χ3n) is 4.09. The molecule has 0 atom stereocenters. The lowest BCUT2D eigenvalue weighted by Gasteiger charge is -2.21. The molecule has 1 aromatic heterocycles. The van der Waals surface area contributed by atoms with E-state index in [1.54, 1.807) is 11.9 Å². The Morgan fingerprint density at radius 3 is 2.29 bits per heavy atom. The van der Waals surface area contributed by atoms with E-state index in [2.05, 4.69) is 4.98 Å². The second kappa shape index (κ2) is 6.67. The fraction of sp³-hybridized carbons (Fsp3) is 0.143. The molecule has 0 bridgehead atoms. The molecule has 0 radical (unpaired) electrons. The van der Waals surface area contributed by atoms with Gasteiger partial charge in [-0.2, -0.15) is 0 Å². The lowest BCUT2D eigenvalue weighted by molar-refractivity contribution is 0.0987. The summed E-state index contributed by atoms with van der Waals surface area (Å²) in [7, 11) is 1.80. The number of amides is 1. The Labute approximate surface area is 142 Å². The molecule has 0 aliphatic carbocycles. The van der Waals surface area contributed by atoms with Gasteiger partial charge in [0.05, 0.1) is 5.69 Å². The van der Waals surface area contributed by atoms with Crippen molar-refractivity contribution in [2.45, 2.75) is 13.8 Å². The van der Waals surface area contributed by atoms with Gasteiger partial charge in [0.2, 0.25) is 0 Å². The summed E-state index contributed by atoms with van der Waals surface area (Å²) in [5.41, 5.74) is 5.21. The van der Waals surface area contributed by atoms with E-state index < -0.39 is 0 Å². The number of pyridine rings is 1. The predicted molar refractivity (Wildman–Crippen MR) is 98.3 cm³/mol. The topological polar surface area (TPSA) is 33.2 Å². The number of carbonyl (C=O) groups is 1. The smallest absolute Gasteiger partial charge is 0.276 e. The van der Waals surface area contributed by atoms with E-state index in [9.17, 15) is 4.79 Å². The van der Waals surface area contributed by atoms with Crippen molar-refractivity contribution in [2.75, 3.05) is 11.9 Å². The van der Waals surface area contributed by atoms with Gasteiger partial charge in [0, 0.05) is 18.3 Å². The molecule has 0 aliphatic rings. The molecule has 1 amide bonds. The van der Waals surface area contributed by atoms with Crippen LogP contribution in [0.3, 0.4) is 0 Å². The minimum atomic E-state index is -0.0976. The highest BCUT2D eigenvalue weighted by Crippen LogP contribution is 2.30. The summed E-state index contributed by atoms with van der Waals surface area (Å²) in [5, 5.41) is 0. The fourth-order valence-corrected chi connectivity index (χ4v) is 2.74. The third-order valence-corrected chi connectivity index (χ3v) is 4.09. The molecule has 3 aromatic rings. The van der Waals surface area contributed by atoms with Gasteiger partial charge in [0.15, 0.2) is 0 Å². The quantitative estimate of drug-likeness (QED) is 0.705. The zero-order valence-corrected chi connectivity index (χ0v) is 14.2. The van der Waals surface area contributed by atoms with Crippen LogP contribution in [0, 0.1) is 13.8 Å². The van der Waals surface area contributed by atoms with Crippen molar-refractivity contribution in [3.05, 3.63) is 83.7 Å². The summed E-state index contributed by atoms with van der Waals surface area (Å²) < 4.78 is 0. The van der Waals surface area contributed by atoms with E-state index in [1.165, 1.54) is 0 Å². The minimum Gasteiger partial charge on any atom is -0.309 e. The Morgan fingerprint density at radius 1 is 0.875 bits per heavy atom. The van der Waals surface area contributed by atoms with Crippen molar-refractivity contribution in [3.63, 3.8) is 0 Å². The van der Waals surface area contributed by atoms with Gasteiger partial charge in [-0.15, -0.1) is 0 Å². The summed E-state index contributed by atoms with van der Waals surface area (Å²) in [4.78, 5) is 19.1. The van der Waals surface area contributed by atoms with Crippen LogP contribution in [0.2, 0.25) is 0 Å². The van der Waals surface area contributed by atoms with Gasteiger partial charge in [-0.25, -0.2) is 4.98 Å². The normalized spacial score (nSPS) is 10.5. The first kappa shape index (κ1) is 15.9. The number of hydrogen-bond donors (Lipinski definition) is 0. The number of carbonyl (C=O) groups excluding carboxylic acids is 1. The van der Waals surface area contributed by atoms with Gasteiger partial charge in [0.1, 0.15) is 5.69 Å². The molecule has 1 heterocycles. The van der Waals surface area contributed by atoms with E-state index in [0.717, 1.165) is 28.1 Å². The van der Waals surface area contributed by atoms with E-state index in [0.29, 0.717) is 5.69 Å². The SMILES string of the molecule is Cc1ccc(C)c(C(=O)N(C)c2ccccc2-c2ccccc2)n1. The van der Waals surface area contributed by atoms with Gasteiger partial charge >= 0.3 is 0 Å². The van der Waals surface area contributed by atoms with Crippen molar-refractivity contribution in [1.82, 2.24) is 4.98 Å². The minimum absolute atomic E-state index is 0.0976. The molecule has 0 fully saturated rings. The number of para-hydroxylation sites is 1. The van der Waals surface area contributed by atoms with Crippen molar-refractivity contribution in [2.24, 2.45) is 0 Å². The second-order valence-corrected chi connectivity index (χ2v) is 5.87. The summed E-state index contributed by atoms with van der Waals surface area (Å²) in [5.74, 6) is -0.0976. The van der Waals surface area contributed by atoms with Crippen molar-refractivity contribution in [3.8, 4) is 11.1 Å². The first-order chi connectivity index (χ1) is 11.6. The standard InChI is InChI=1S/C21H20N2O/c1-15-13-14-16(2)22-20(15)21(24)23(3)19-12-8-7-11-18(19)17-9-5-4-6-10-17/h4-14H,1-3H3. The molecule has 3 rings (SSSR count). The van der Waals surface area contributed by atoms with Crippen LogP contribution in [0.25, 0.3) is 11.1 Å². The molecule has 0 unspecified atom stereocenters. The maximum Gasteiger partial charge on any atom is 0.276 e. The first-order valence-corrected chi connectivity index (χ1v) is 7.94. The Bertz CT molecular complexity index is 872. The van der Waals surface area contributed by atoms with Gasteiger partial charge in [-0.1, -0.05) is 54.6 Å². The highest BCUT2D eigenvalue weighted by molar-refractivity contribution is 6.07. The number of rotatable bonds is 3. The molecule has 0 N–H and O–H groups in total. The largest absolute Gasteiger partial charge is 0.309 e. The number of anilines is 1. The summed E-state index contributed by atoms with van der Waals surface area (Å²) in [6.07, 6.45) is 0. The average Bonchev–Trinajstić information content (AvgIpc) is 2.63. The van der Waals surface area contributed by atoms with Crippen LogP contribution in [0.5, 0.6) is 0 Å². The van der Waals surface area contributed by atoms with Gasteiger partial charge in [-0.3, -0.25) is 4.79 Å². The molecular weight excluding hydrogens is 296 g/mol. The molecule has 3 heteroatoms. The number of aromatic nitrogens is 1. The number of aryl methyl sites for hydroxylation is 2. The highest BCUT2D eigenvalue weighted by atomic mass is 16.2. The zero-order chi connectivity index (χ0) is 17.1. The van der Waals surface area contributed by atoms with Crippen LogP contribution in [-0.2, 0) is 0 Å². The van der Waals surface area contributed by atoms with Crippen molar-refractivity contribution >= 4 is 11.6 Å². The van der Waals surface area contributed by atoms with Gasteiger partial charge < -0.3 is 4.90 Å². The lowest BCUT2D eigenvalue weighted by Crippen LogP contribution is -2.28. The molecule has 24 heavy (non-hydrogen) atoms. The Kier molecular flexibility index (Phi) is 4.43. The Morgan fingerprint density at radius 2 is 1.54 bits per heavy atom. The third kappa shape index (κ3) is 3.06. The Hall–Kier alpha value is -2.94. The van der Waals surface area contributed by atoms with Crippen LogP contribution >= 0.6 is 0 Å². The maximum atomic E-state index is 13.0. The number of nitrogens with zero attached hydrogens (tertiary/aromatic N) is 2. The predicted octanol–water partition coefficient (Wildman–Crippen LogP) is 4.64. The zero-order valence-electron chi connectivity index (χ0n) is 14.2. The van der Waals surface area contributed by atoms with E-state index >= 15 is 0 Å². The van der Waals surface area contributed by atoms with E-state index in [1.807, 2.05) is 80.6 Å². The van der Waals surface area contributed by atoms with Crippen LogP contribution < -0.4 is 4.90 Å². The molecule has 0 aliphatic heterocycles. The maximum absolute atomic E-state index is 13.0. The van der Waals surface area contributed by atoms with Crippen LogP contribution in [0.4, 0.5) is 5.69 Å². The van der Waals surface area contributed by atoms with E-state index in [-0.39, 0.29) is 5.91 Å². The molecule has 2 aromatic carbocycles. The number of benzene rings is 2. The van der Waals surface area contributed by atoms with Gasteiger partial charge in [0.25, 0.3) is 5.91 Å². The molecule has 0 spiro atoms. The Balaban J connectivity index is 2.03. The number of hydrogen-bond acceptors (Lipinski definition) is 2. The van der Waals surface area contributed by atoms with Crippen LogP contribution in [-0.4, -0.2) is 17.9 Å². The molecular formula is C21H20N2O. The fourth-order valence-electron chi connectivity index (χ4n) is 2.74. The summed E-state index contributed by atoms with van der Waals surface area (Å²) >= 11 is 0. The summed E-state index contributed by atoms with van der Waals surface area (Å²) in [6.45, 7) is 3.81. The first-order valence-electron chi connectivity index (χ1n) is 7.94. The lowest BCUT2D eigenvalue weighted by atomic mass is 10.0. The molecule has 0 saturated carbocycles. The van der Waals surface area contributed by atoms with E-state index in [4.69, 9.17) is 0 Å². The molecule has 3 nitrogen and oxygen atoms in total. The van der Waals surface area contributed by atoms with Crippen molar-refractivity contribution < 1.29 is 4.79 Å². The molecule has 0 saturated heterocycles. The van der Waals surface area contributed by atoms with Crippen LogP contribution in [0.15, 0.2) is 66.7 Å². The second-order valence-electron chi connectivity index (χ2n) is 5.87. The van der Waals surface area contributed by atoms with Crippen LogP contribution in [0.1, 0.15) is 21.7 Å². The molecule has 120 valence electrons. The van der Waals surface area contributed by atoms with Gasteiger partial charge in [-0.05, 0) is 37.1 Å². The monoisotopic (exact) mass is 316 g/mol. The van der Waals surface area contributed by atoms with Crippen molar-refractivity contribution in [1.29, 1.82) is 0 Å². The summed E-state index contributed by atoms with van der Waals surface area (Å²) in [6, 6.07) is 21.9. The average molecular weight is 316 g/mol.